The molecule has 1 aliphatic heterocycles. The molecular weight excluding hydrogens is 778 g/mol. The van der Waals surface area contributed by atoms with Crippen LogP contribution in [-0.4, -0.2) is 47.0 Å². The molecule has 1 aliphatic rings. The van der Waals surface area contributed by atoms with Crippen LogP contribution in [0.25, 0.3) is 32.2 Å². The first-order valence-corrected chi connectivity index (χ1v) is 22.6. The van der Waals surface area contributed by atoms with E-state index in [4.69, 9.17) is 27.4 Å². The molecule has 0 bridgehead atoms. The SMILES string of the molecule is CCn1c2ccc(CNCCCCCCCCNC(=O)C[C@@H]3N=C(c4ccc(Cl)cc4)c4c(sc(C)c4C)N(C(C)=N)C3=N)cc2c2ccc(-c3cc(C)cs3)cc21. The van der Waals surface area contributed by atoms with Crippen LogP contribution in [0.2, 0.25) is 5.02 Å². The number of hydrogen-bond donors (Lipinski definition) is 4. The summed E-state index contributed by atoms with van der Waals surface area (Å²) in [6.45, 7) is 13.6. The highest BCUT2D eigenvalue weighted by atomic mass is 35.5. The Kier molecular flexibility index (Phi) is 13.3. The van der Waals surface area contributed by atoms with Gasteiger partial charge in [0.05, 0.1) is 12.1 Å². The van der Waals surface area contributed by atoms with Crippen molar-refractivity contribution < 1.29 is 4.79 Å². The number of carbonyl (C=O) groups excluding carboxylic acids is 1. The minimum atomic E-state index is -0.723. The van der Waals surface area contributed by atoms with E-state index in [-0.39, 0.29) is 24.0 Å². The third-order valence-electron chi connectivity index (χ3n) is 11.2. The Balaban J connectivity index is 0.842. The number of amidine groups is 2. The number of nitrogens with one attached hydrogen (secondary N) is 4. The summed E-state index contributed by atoms with van der Waals surface area (Å²) in [7, 11) is 0. The van der Waals surface area contributed by atoms with E-state index >= 15 is 0 Å². The van der Waals surface area contributed by atoms with Crippen LogP contribution < -0.4 is 15.5 Å². The Hall–Kier alpha value is -4.61. The number of aliphatic imine (C=N–C) groups is 1. The van der Waals surface area contributed by atoms with Gasteiger partial charge in [0.2, 0.25) is 5.91 Å². The van der Waals surface area contributed by atoms with Crippen molar-refractivity contribution in [2.45, 2.75) is 98.7 Å². The molecule has 0 aliphatic carbocycles. The fourth-order valence-corrected chi connectivity index (χ4v) is 10.3. The number of carbonyl (C=O) groups is 1. The van der Waals surface area contributed by atoms with E-state index in [1.807, 2.05) is 35.6 Å². The van der Waals surface area contributed by atoms with Gasteiger partial charge in [0.15, 0.2) is 0 Å². The molecule has 11 heteroatoms. The fourth-order valence-electron chi connectivity index (χ4n) is 8.01. The Morgan fingerprint density at radius 3 is 2.31 bits per heavy atom. The van der Waals surface area contributed by atoms with Crippen molar-refractivity contribution in [1.29, 1.82) is 10.8 Å². The average molecular weight is 833 g/mol. The van der Waals surface area contributed by atoms with Crippen LogP contribution in [0, 0.1) is 31.6 Å². The molecule has 4 heterocycles. The molecule has 3 aromatic carbocycles. The van der Waals surface area contributed by atoms with Gasteiger partial charge < -0.3 is 15.2 Å². The smallest absolute Gasteiger partial charge is 0.222 e. The molecule has 302 valence electrons. The van der Waals surface area contributed by atoms with Gasteiger partial charge in [-0.15, -0.1) is 22.7 Å². The van der Waals surface area contributed by atoms with Crippen LogP contribution in [-0.2, 0) is 17.9 Å². The Morgan fingerprint density at radius 2 is 1.60 bits per heavy atom. The van der Waals surface area contributed by atoms with Crippen molar-refractivity contribution in [1.82, 2.24) is 15.2 Å². The average Bonchev–Trinajstić information content (AvgIpc) is 3.85. The second kappa shape index (κ2) is 18.5. The number of anilines is 1. The van der Waals surface area contributed by atoms with E-state index < -0.39 is 6.04 Å². The van der Waals surface area contributed by atoms with E-state index in [9.17, 15) is 4.79 Å². The lowest BCUT2D eigenvalue weighted by Gasteiger charge is -2.24. The maximum absolute atomic E-state index is 13.2. The van der Waals surface area contributed by atoms with Crippen LogP contribution in [0.3, 0.4) is 0 Å². The van der Waals surface area contributed by atoms with E-state index in [1.165, 1.54) is 56.2 Å². The molecule has 0 radical (unpaired) electrons. The molecule has 1 amide bonds. The van der Waals surface area contributed by atoms with Crippen LogP contribution in [0.1, 0.15) is 91.5 Å². The third-order valence-corrected chi connectivity index (χ3v) is 13.7. The predicted molar refractivity (Wildman–Crippen MR) is 248 cm³/mol. The largest absolute Gasteiger partial charge is 0.356 e. The number of aryl methyl sites for hydroxylation is 3. The van der Waals surface area contributed by atoms with Crippen molar-refractivity contribution in [2.24, 2.45) is 4.99 Å². The van der Waals surface area contributed by atoms with Gasteiger partial charge in [-0.1, -0.05) is 67.6 Å². The van der Waals surface area contributed by atoms with Crippen LogP contribution >= 0.6 is 34.3 Å². The Labute approximate surface area is 355 Å². The lowest BCUT2D eigenvalue weighted by Crippen LogP contribution is -2.42. The molecule has 3 aromatic heterocycles. The van der Waals surface area contributed by atoms with Gasteiger partial charge in [-0.2, -0.15) is 0 Å². The molecule has 1 atom stereocenters. The first-order chi connectivity index (χ1) is 28.0. The van der Waals surface area contributed by atoms with Gasteiger partial charge >= 0.3 is 0 Å². The number of fused-ring (bicyclic) bond motifs is 4. The lowest BCUT2D eigenvalue weighted by molar-refractivity contribution is -0.121. The first kappa shape index (κ1) is 41.5. The fraction of sp³-hybridized carbons (Fsp3) is 0.362. The maximum atomic E-state index is 13.2. The monoisotopic (exact) mass is 831 g/mol. The molecular formula is C47H54ClN7OS2. The van der Waals surface area contributed by atoms with Gasteiger partial charge in [-0.05, 0) is 118 Å². The summed E-state index contributed by atoms with van der Waals surface area (Å²) in [6.07, 6.45) is 6.66. The van der Waals surface area contributed by atoms with Crippen molar-refractivity contribution in [3.05, 3.63) is 110 Å². The normalized spacial score (nSPS) is 14.2. The molecule has 6 aromatic rings. The highest BCUT2D eigenvalue weighted by Crippen LogP contribution is 2.40. The molecule has 0 saturated carbocycles. The van der Waals surface area contributed by atoms with E-state index in [0.717, 1.165) is 77.6 Å². The number of nitrogens with zero attached hydrogens (tertiary/aromatic N) is 3. The molecule has 8 nitrogen and oxygen atoms in total. The molecule has 7 rings (SSSR count). The molecule has 0 spiro atoms. The van der Waals surface area contributed by atoms with Crippen molar-refractivity contribution in [3.63, 3.8) is 0 Å². The summed E-state index contributed by atoms with van der Waals surface area (Å²) in [6, 6.07) is 22.9. The van der Waals surface area contributed by atoms with Gasteiger partial charge in [-0.25, -0.2) is 0 Å². The molecule has 58 heavy (non-hydrogen) atoms. The van der Waals surface area contributed by atoms with Crippen molar-refractivity contribution in [2.75, 3.05) is 18.0 Å². The van der Waals surface area contributed by atoms with E-state index in [1.54, 1.807) is 23.2 Å². The van der Waals surface area contributed by atoms with Crippen molar-refractivity contribution in [3.8, 4) is 10.4 Å². The number of benzene rings is 3. The number of aromatic nitrogens is 1. The zero-order valence-electron chi connectivity index (χ0n) is 34.2. The second-order valence-corrected chi connectivity index (χ2v) is 18.0. The minimum absolute atomic E-state index is 0.0478. The number of thiophene rings is 2. The van der Waals surface area contributed by atoms with Gasteiger partial charge in [0, 0.05) is 67.3 Å². The van der Waals surface area contributed by atoms with Gasteiger partial charge in [0.1, 0.15) is 22.7 Å². The highest BCUT2D eigenvalue weighted by Gasteiger charge is 2.34. The van der Waals surface area contributed by atoms with Gasteiger partial charge in [-0.3, -0.25) is 25.5 Å². The topological polar surface area (TPSA) is 109 Å². The standard InChI is InChI=1S/C47H54ClN7OS2/c1-6-54-40-20-13-33(24-38(40)37-19-16-35(25-41(37)54)42-23-29(2)28-57-42)27-51-21-11-9-7-8-10-12-22-52-43(56)26-39-46(50)55(32(5)49)47-44(30(3)31(4)58-47)45(53-39)34-14-17-36(48)18-15-34/h13-20,23-25,28,39,49-51H,6-12,21-22,26-27H2,1-5H3,(H,52,56)/t39-/m0/s1. The lowest BCUT2D eigenvalue weighted by atomic mass is 9.99. The number of amides is 1. The van der Waals surface area contributed by atoms with Crippen LogP contribution in [0.5, 0.6) is 0 Å². The quantitative estimate of drug-likeness (QED) is 0.0443. The molecule has 0 unspecified atom stereocenters. The number of hydrogen-bond acceptors (Lipinski definition) is 7. The van der Waals surface area contributed by atoms with E-state index in [0.29, 0.717) is 11.6 Å². The molecule has 4 N–H and O–H groups in total. The van der Waals surface area contributed by atoms with Crippen LogP contribution in [0.4, 0.5) is 5.00 Å². The number of rotatable bonds is 16. The Morgan fingerprint density at radius 1 is 0.879 bits per heavy atom. The highest BCUT2D eigenvalue weighted by molar-refractivity contribution is 7.17. The Bertz CT molecular complexity index is 2490. The summed E-state index contributed by atoms with van der Waals surface area (Å²) in [5.41, 5.74) is 10.1. The second-order valence-electron chi connectivity index (χ2n) is 15.4. The maximum Gasteiger partial charge on any atom is 0.222 e. The third kappa shape index (κ3) is 9.00. The molecule has 0 fully saturated rings. The number of unbranched alkanes of at least 4 members (excludes halogenated alkanes) is 5. The van der Waals surface area contributed by atoms with Crippen LogP contribution in [0.15, 0.2) is 77.1 Å². The molecule has 0 saturated heterocycles. The minimum Gasteiger partial charge on any atom is -0.356 e. The zero-order chi connectivity index (χ0) is 40.9. The van der Waals surface area contributed by atoms with Gasteiger partial charge in [0.25, 0.3) is 0 Å². The zero-order valence-corrected chi connectivity index (χ0v) is 36.6. The summed E-state index contributed by atoms with van der Waals surface area (Å²) >= 11 is 9.59. The summed E-state index contributed by atoms with van der Waals surface area (Å²) < 4.78 is 2.44. The summed E-state index contributed by atoms with van der Waals surface area (Å²) in [5, 5.41) is 30.7. The van der Waals surface area contributed by atoms with E-state index in [2.05, 4.69) is 90.7 Å². The summed E-state index contributed by atoms with van der Waals surface area (Å²) in [5.74, 6) is 0.243. The van der Waals surface area contributed by atoms with Crippen molar-refractivity contribution >= 4 is 84.4 Å². The number of halogens is 1. The first-order valence-electron chi connectivity index (χ1n) is 20.5. The summed E-state index contributed by atoms with van der Waals surface area (Å²) in [4.78, 5) is 22.4. The predicted octanol–water partition coefficient (Wildman–Crippen LogP) is 11.8.